The molecule has 2 rings (SSSR count). The number of hydrogen-bond donors (Lipinski definition) is 1. The third-order valence-corrected chi connectivity index (χ3v) is 3.78. The highest BCUT2D eigenvalue weighted by atomic mass is 15.2. The molecule has 0 bridgehead atoms. The van der Waals surface area contributed by atoms with Crippen molar-refractivity contribution < 1.29 is 0 Å². The van der Waals surface area contributed by atoms with Crippen molar-refractivity contribution in [3.63, 3.8) is 0 Å². The molecule has 1 unspecified atom stereocenters. The molecule has 1 aliphatic heterocycles. The Balaban J connectivity index is 1.83. The standard InChI is InChI=1S/C16H27N3/c1-16(2,17)13-18(3)15-9-10-19(12-15)11-14-7-5-4-6-8-14/h4-8,15H,9-13,17H2,1-3H3. The third-order valence-electron chi connectivity index (χ3n) is 3.78. The molecule has 0 aromatic heterocycles. The van der Waals surface area contributed by atoms with E-state index < -0.39 is 0 Å². The van der Waals surface area contributed by atoms with Gasteiger partial charge in [0.15, 0.2) is 0 Å². The number of nitrogens with zero attached hydrogens (tertiary/aromatic N) is 2. The summed E-state index contributed by atoms with van der Waals surface area (Å²) in [7, 11) is 2.20. The van der Waals surface area contributed by atoms with Crippen LogP contribution in [0.4, 0.5) is 0 Å². The lowest BCUT2D eigenvalue weighted by molar-refractivity contribution is 0.196. The smallest absolute Gasteiger partial charge is 0.0234 e. The molecule has 1 saturated heterocycles. The number of nitrogens with two attached hydrogens (primary N) is 1. The van der Waals surface area contributed by atoms with E-state index in [1.54, 1.807) is 0 Å². The Bertz CT molecular complexity index is 383. The molecule has 106 valence electrons. The van der Waals surface area contributed by atoms with Gasteiger partial charge in [0.1, 0.15) is 0 Å². The van der Waals surface area contributed by atoms with Crippen LogP contribution in [-0.2, 0) is 6.54 Å². The van der Waals surface area contributed by atoms with Gasteiger partial charge in [-0.2, -0.15) is 0 Å². The second-order valence-electron chi connectivity index (χ2n) is 6.57. The maximum absolute atomic E-state index is 6.11. The van der Waals surface area contributed by atoms with Crippen LogP contribution in [0.3, 0.4) is 0 Å². The van der Waals surface area contributed by atoms with Gasteiger partial charge >= 0.3 is 0 Å². The Hall–Kier alpha value is -0.900. The van der Waals surface area contributed by atoms with E-state index in [2.05, 4.69) is 61.0 Å². The summed E-state index contributed by atoms with van der Waals surface area (Å²) in [6.07, 6.45) is 1.25. The predicted molar refractivity (Wildman–Crippen MR) is 81.0 cm³/mol. The Morgan fingerprint density at radius 2 is 2.00 bits per heavy atom. The molecule has 1 aromatic carbocycles. The SMILES string of the molecule is CN(CC(C)(C)N)C1CCN(Cc2ccccc2)C1. The molecule has 0 aliphatic carbocycles. The van der Waals surface area contributed by atoms with Gasteiger partial charge in [0, 0.05) is 37.8 Å². The average Bonchev–Trinajstić information content (AvgIpc) is 2.77. The minimum atomic E-state index is -0.110. The zero-order valence-electron chi connectivity index (χ0n) is 12.5. The van der Waals surface area contributed by atoms with Crippen LogP contribution in [0.5, 0.6) is 0 Å². The Kier molecular flexibility index (Phi) is 4.61. The predicted octanol–water partition coefficient (Wildman–Crippen LogP) is 1.93. The average molecular weight is 261 g/mol. The normalized spacial score (nSPS) is 21.2. The Morgan fingerprint density at radius 3 is 2.63 bits per heavy atom. The number of likely N-dealkylation sites (tertiary alicyclic amines) is 1. The van der Waals surface area contributed by atoms with Crippen molar-refractivity contribution in [2.24, 2.45) is 5.73 Å². The molecular weight excluding hydrogens is 234 g/mol. The highest BCUT2D eigenvalue weighted by Gasteiger charge is 2.27. The molecular formula is C16H27N3. The molecule has 1 fully saturated rings. The second-order valence-corrected chi connectivity index (χ2v) is 6.57. The van der Waals surface area contributed by atoms with Gasteiger partial charge in [0.2, 0.25) is 0 Å². The summed E-state index contributed by atoms with van der Waals surface area (Å²) in [6, 6.07) is 11.4. The summed E-state index contributed by atoms with van der Waals surface area (Å²) in [5.74, 6) is 0. The second kappa shape index (κ2) is 6.04. The number of rotatable bonds is 5. The fourth-order valence-electron chi connectivity index (χ4n) is 2.93. The molecule has 19 heavy (non-hydrogen) atoms. The lowest BCUT2D eigenvalue weighted by atomic mass is 10.1. The molecule has 0 spiro atoms. The maximum Gasteiger partial charge on any atom is 0.0234 e. The summed E-state index contributed by atoms with van der Waals surface area (Å²) < 4.78 is 0. The zero-order valence-corrected chi connectivity index (χ0v) is 12.5. The molecule has 2 N–H and O–H groups in total. The van der Waals surface area contributed by atoms with E-state index in [0.717, 1.165) is 19.6 Å². The first kappa shape index (κ1) is 14.5. The summed E-state index contributed by atoms with van der Waals surface area (Å²) >= 11 is 0. The fourth-order valence-corrected chi connectivity index (χ4v) is 2.93. The van der Waals surface area contributed by atoms with Gasteiger partial charge in [-0.1, -0.05) is 30.3 Å². The molecule has 1 aliphatic rings. The first-order chi connectivity index (χ1) is 8.94. The van der Waals surface area contributed by atoms with Gasteiger partial charge in [0.05, 0.1) is 0 Å². The van der Waals surface area contributed by atoms with Crippen molar-refractivity contribution in [1.82, 2.24) is 9.80 Å². The molecule has 0 amide bonds. The molecule has 0 saturated carbocycles. The largest absolute Gasteiger partial charge is 0.324 e. The van der Waals surface area contributed by atoms with Gasteiger partial charge in [0.25, 0.3) is 0 Å². The highest BCUT2D eigenvalue weighted by molar-refractivity contribution is 5.14. The van der Waals surface area contributed by atoms with Crippen LogP contribution in [0.2, 0.25) is 0 Å². The quantitative estimate of drug-likeness (QED) is 0.879. The topological polar surface area (TPSA) is 32.5 Å². The molecule has 3 nitrogen and oxygen atoms in total. The van der Waals surface area contributed by atoms with Crippen LogP contribution in [-0.4, -0.2) is 48.1 Å². The van der Waals surface area contributed by atoms with E-state index in [4.69, 9.17) is 5.73 Å². The van der Waals surface area contributed by atoms with E-state index in [1.165, 1.54) is 18.5 Å². The van der Waals surface area contributed by atoms with E-state index >= 15 is 0 Å². The summed E-state index contributed by atoms with van der Waals surface area (Å²) in [4.78, 5) is 4.96. The van der Waals surface area contributed by atoms with Crippen molar-refractivity contribution in [3.05, 3.63) is 35.9 Å². The number of hydrogen-bond acceptors (Lipinski definition) is 3. The van der Waals surface area contributed by atoms with Crippen LogP contribution in [0.15, 0.2) is 30.3 Å². The van der Waals surface area contributed by atoms with Crippen LogP contribution in [0.1, 0.15) is 25.8 Å². The van der Waals surface area contributed by atoms with E-state index in [1.807, 2.05) is 0 Å². The number of benzene rings is 1. The van der Waals surface area contributed by atoms with Crippen molar-refractivity contribution in [3.8, 4) is 0 Å². The van der Waals surface area contributed by atoms with Gasteiger partial charge < -0.3 is 10.6 Å². The lowest BCUT2D eigenvalue weighted by Gasteiger charge is -2.31. The van der Waals surface area contributed by atoms with Crippen LogP contribution >= 0.6 is 0 Å². The maximum atomic E-state index is 6.11. The fraction of sp³-hybridized carbons (Fsp3) is 0.625. The van der Waals surface area contributed by atoms with Gasteiger partial charge in [-0.15, -0.1) is 0 Å². The van der Waals surface area contributed by atoms with Crippen molar-refractivity contribution in [2.75, 3.05) is 26.7 Å². The first-order valence-electron chi connectivity index (χ1n) is 7.19. The van der Waals surface area contributed by atoms with Crippen molar-refractivity contribution >= 4 is 0 Å². The molecule has 3 heteroatoms. The summed E-state index contributed by atoms with van der Waals surface area (Å²) in [5, 5.41) is 0. The van der Waals surface area contributed by atoms with E-state index in [-0.39, 0.29) is 5.54 Å². The van der Waals surface area contributed by atoms with Crippen LogP contribution < -0.4 is 5.73 Å². The highest BCUT2D eigenvalue weighted by Crippen LogP contribution is 2.18. The Morgan fingerprint density at radius 1 is 1.32 bits per heavy atom. The molecule has 0 radical (unpaired) electrons. The van der Waals surface area contributed by atoms with Crippen molar-refractivity contribution in [1.29, 1.82) is 0 Å². The van der Waals surface area contributed by atoms with Crippen molar-refractivity contribution in [2.45, 2.75) is 38.4 Å². The molecule has 1 heterocycles. The van der Waals surface area contributed by atoms with Crippen LogP contribution in [0.25, 0.3) is 0 Å². The third kappa shape index (κ3) is 4.60. The summed E-state index contributed by atoms with van der Waals surface area (Å²) in [5.41, 5.74) is 7.40. The lowest BCUT2D eigenvalue weighted by Crippen LogP contribution is -2.48. The van der Waals surface area contributed by atoms with Gasteiger partial charge in [-0.25, -0.2) is 0 Å². The van der Waals surface area contributed by atoms with Gasteiger partial charge in [-0.3, -0.25) is 4.90 Å². The monoisotopic (exact) mass is 261 g/mol. The van der Waals surface area contributed by atoms with E-state index in [0.29, 0.717) is 6.04 Å². The summed E-state index contributed by atoms with van der Waals surface area (Å²) in [6.45, 7) is 8.56. The number of likely N-dealkylation sites (N-methyl/N-ethyl adjacent to an activating group) is 1. The van der Waals surface area contributed by atoms with Gasteiger partial charge in [-0.05, 0) is 32.9 Å². The Labute approximate surface area is 117 Å². The zero-order chi connectivity index (χ0) is 13.9. The minimum absolute atomic E-state index is 0.110. The molecule has 1 aromatic rings. The minimum Gasteiger partial charge on any atom is -0.324 e. The molecule has 1 atom stereocenters. The van der Waals surface area contributed by atoms with E-state index in [9.17, 15) is 0 Å². The first-order valence-corrected chi connectivity index (χ1v) is 7.19. The van der Waals surface area contributed by atoms with Crippen LogP contribution in [0, 0.1) is 0 Å².